The summed E-state index contributed by atoms with van der Waals surface area (Å²) < 4.78 is 5.64. The van der Waals surface area contributed by atoms with Crippen LogP contribution in [-0.4, -0.2) is 22.8 Å². The van der Waals surface area contributed by atoms with Crippen molar-refractivity contribution in [3.8, 4) is 6.07 Å². The Balaban J connectivity index is 2.52. The van der Waals surface area contributed by atoms with Crippen molar-refractivity contribution >= 4 is 29.1 Å². The minimum Gasteiger partial charge on any atom is -0.466 e. The lowest BCUT2D eigenvalue weighted by atomic mass is 10.3. The van der Waals surface area contributed by atoms with Crippen LogP contribution < -0.4 is 0 Å². The van der Waals surface area contributed by atoms with Gasteiger partial charge in [0.15, 0.2) is 4.34 Å². The van der Waals surface area contributed by atoms with Gasteiger partial charge in [0.2, 0.25) is 0 Å². The van der Waals surface area contributed by atoms with Gasteiger partial charge in [0.25, 0.3) is 0 Å². The van der Waals surface area contributed by atoms with E-state index < -0.39 is 0 Å². The van der Waals surface area contributed by atoms with Crippen LogP contribution in [0.1, 0.15) is 19.5 Å². The lowest BCUT2D eigenvalue weighted by molar-refractivity contribution is -0.142. The van der Waals surface area contributed by atoms with E-state index in [0.29, 0.717) is 12.3 Å². The number of hydrogen-bond donors (Lipinski definition) is 0. The van der Waals surface area contributed by atoms with E-state index in [2.05, 4.69) is 11.1 Å². The van der Waals surface area contributed by atoms with Gasteiger partial charge in [-0.05, 0) is 13.8 Å². The number of hydrogen-bond acceptors (Lipinski definition) is 6. The first kappa shape index (κ1) is 13.0. The number of nitrogens with zero attached hydrogens (tertiary/aromatic N) is 2. The number of carbonyl (C=O) groups is 1. The zero-order valence-electron chi connectivity index (χ0n) is 9.10. The Hall–Kier alpha value is -1.06. The number of aromatic nitrogens is 1. The lowest BCUT2D eigenvalue weighted by Gasteiger charge is -1.98. The minimum absolute atomic E-state index is 0.124. The van der Waals surface area contributed by atoms with Crippen LogP contribution >= 0.6 is 23.1 Å². The molecule has 0 radical (unpaired) electrons. The molecule has 0 saturated carbocycles. The summed E-state index contributed by atoms with van der Waals surface area (Å²) in [6.07, 6.45) is 0.200. The minimum atomic E-state index is -0.266. The number of carbonyl (C=O) groups excluding carboxylic acids is 1. The molecule has 0 saturated heterocycles. The maximum Gasteiger partial charge on any atom is 0.311 e. The number of rotatable bonds is 5. The normalized spacial score (nSPS) is 11.8. The molecular weight excluding hydrogens is 244 g/mol. The Kier molecular flexibility index (Phi) is 5.29. The fraction of sp³-hybridized carbons (Fsp3) is 0.500. The van der Waals surface area contributed by atoms with E-state index in [9.17, 15) is 4.79 Å². The van der Waals surface area contributed by atoms with Crippen molar-refractivity contribution in [3.05, 3.63) is 11.1 Å². The van der Waals surface area contributed by atoms with Gasteiger partial charge in [-0.1, -0.05) is 11.8 Å². The highest BCUT2D eigenvalue weighted by molar-refractivity contribution is 8.01. The lowest BCUT2D eigenvalue weighted by Crippen LogP contribution is -2.07. The largest absolute Gasteiger partial charge is 0.466 e. The molecule has 16 heavy (non-hydrogen) atoms. The Labute approximate surface area is 103 Å². The molecule has 1 unspecified atom stereocenters. The fourth-order valence-electron chi connectivity index (χ4n) is 0.961. The molecule has 0 N–H and O–H groups in total. The Morgan fingerprint density at radius 1 is 1.81 bits per heavy atom. The summed E-state index contributed by atoms with van der Waals surface area (Å²) in [5.74, 6) is -0.266. The van der Waals surface area contributed by atoms with E-state index in [1.165, 1.54) is 23.1 Å². The van der Waals surface area contributed by atoms with Gasteiger partial charge in [0.1, 0.15) is 0 Å². The van der Waals surface area contributed by atoms with Crippen LogP contribution in [0.3, 0.4) is 0 Å². The maximum absolute atomic E-state index is 11.2. The summed E-state index contributed by atoms with van der Waals surface area (Å²) >= 11 is 2.85. The van der Waals surface area contributed by atoms with Gasteiger partial charge >= 0.3 is 5.97 Å². The monoisotopic (exact) mass is 256 g/mol. The standard InChI is InChI=1S/C10H12N2O2S2/c1-3-14-9(13)4-8-6-15-10(12-8)16-7(2)5-11/h6-7H,3-4H2,1-2H3. The molecular formula is C10H12N2O2S2. The van der Waals surface area contributed by atoms with Crippen molar-refractivity contribution in [2.45, 2.75) is 29.9 Å². The van der Waals surface area contributed by atoms with Crippen LogP contribution in [0.15, 0.2) is 9.72 Å². The van der Waals surface area contributed by atoms with E-state index in [1.807, 2.05) is 12.3 Å². The second-order valence-electron chi connectivity index (χ2n) is 2.98. The maximum atomic E-state index is 11.2. The van der Waals surface area contributed by atoms with Gasteiger partial charge in [-0.2, -0.15) is 5.26 Å². The van der Waals surface area contributed by atoms with Crippen molar-refractivity contribution in [1.29, 1.82) is 5.26 Å². The molecule has 86 valence electrons. The fourth-order valence-corrected chi connectivity index (χ4v) is 2.83. The average molecular weight is 256 g/mol. The van der Waals surface area contributed by atoms with Crippen LogP contribution in [0.5, 0.6) is 0 Å². The molecule has 0 spiro atoms. The van der Waals surface area contributed by atoms with Crippen molar-refractivity contribution in [1.82, 2.24) is 4.98 Å². The van der Waals surface area contributed by atoms with Gasteiger partial charge < -0.3 is 4.74 Å². The highest BCUT2D eigenvalue weighted by atomic mass is 32.2. The van der Waals surface area contributed by atoms with Crippen LogP contribution in [0, 0.1) is 11.3 Å². The van der Waals surface area contributed by atoms with E-state index in [4.69, 9.17) is 10.00 Å². The molecule has 1 atom stereocenters. The average Bonchev–Trinajstić information content (AvgIpc) is 2.65. The molecule has 0 bridgehead atoms. The Bertz CT molecular complexity index is 398. The predicted octanol–water partition coefficient (Wildman–Crippen LogP) is 2.25. The highest BCUT2D eigenvalue weighted by Gasteiger charge is 2.10. The van der Waals surface area contributed by atoms with Crippen LogP contribution in [0.2, 0.25) is 0 Å². The van der Waals surface area contributed by atoms with Gasteiger partial charge in [-0.25, -0.2) is 4.98 Å². The molecule has 0 aliphatic rings. The summed E-state index contributed by atoms with van der Waals surface area (Å²) in [5.41, 5.74) is 0.705. The Morgan fingerprint density at radius 3 is 3.19 bits per heavy atom. The van der Waals surface area contributed by atoms with E-state index in [1.54, 1.807) is 6.92 Å². The molecule has 6 heteroatoms. The van der Waals surface area contributed by atoms with Crippen molar-refractivity contribution < 1.29 is 9.53 Å². The quantitative estimate of drug-likeness (QED) is 0.597. The molecule has 0 amide bonds. The molecule has 0 aliphatic carbocycles. The molecule has 0 fully saturated rings. The second kappa shape index (κ2) is 6.51. The molecule has 1 aromatic rings. The van der Waals surface area contributed by atoms with Crippen molar-refractivity contribution in [2.24, 2.45) is 0 Å². The summed E-state index contributed by atoms with van der Waals surface area (Å²) in [5, 5.41) is 10.3. The van der Waals surface area contributed by atoms with Gasteiger partial charge in [0, 0.05) is 5.38 Å². The number of nitriles is 1. The summed E-state index contributed by atoms with van der Waals surface area (Å²) in [6, 6.07) is 2.12. The predicted molar refractivity (Wildman–Crippen MR) is 63.4 cm³/mol. The van der Waals surface area contributed by atoms with Crippen molar-refractivity contribution in [2.75, 3.05) is 6.61 Å². The smallest absolute Gasteiger partial charge is 0.311 e. The number of thioether (sulfide) groups is 1. The third kappa shape index (κ3) is 4.21. The first-order valence-corrected chi connectivity index (χ1v) is 6.58. The molecule has 0 aliphatic heterocycles. The van der Waals surface area contributed by atoms with Crippen LogP contribution in [0.4, 0.5) is 0 Å². The summed E-state index contributed by atoms with van der Waals surface area (Å²) in [6.45, 7) is 3.97. The summed E-state index contributed by atoms with van der Waals surface area (Å²) in [7, 11) is 0. The zero-order chi connectivity index (χ0) is 12.0. The first-order valence-electron chi connectivity index (χ1n) is 4.82. The molecule has 1 aromatic heterocycles. The Morgan fingerprint density at radius 2 is 2.56 bits per heavy atom. The van der Waals surface area contributed by atoms with E-state index >= 15 is 0 Å². The van der Waals surface area contributed by atoms with E-state index in [0.717, 1.165) is 4.34 Å². The van der Waals surface area contributed by atoms with Gasteiger partial charge in [0.05, 0.1) is 30.0 Å². The topological polar surface area (TPSA) is 63.0 Å². The summed E-state index contributed by atoms with van der Waals surface area (Å²) in [4.78, 5) is 15.4. The van der Waals surface area contributed by atoms with E-state index in [-0.39, 0.29) is 17.6 Å². The number of thiazole rings is 1. The molecule has 4 nitrogen and oxygen atoms in total. The number of esters is 1. The van der Waals surface area contributed by atoms with Gasteiger partial charge in [-0.15, -0.1) is 11.3 Å². The molecule has 0 aromatic carbocycles. The zero-order valence-corrected chi connectivity index (χ0v) is 10.7. The SMILES string of the molecule is CCOC(=O)Cc1csc(SC(C)C#N)n1. The van der Waals surface area contributed by atoms with Gasteiger partial charge in [-0.3, -0.25) is 4.79 Å². The van der Waals surface area contributed by atoms with Crippen LogP contribution in [0.25, 0.3) is 0 Å². The molecule has 1 rings (SSSR count). The third-order valence-corrected chi connectivity index (χ3v) is 3.63. The first-order chi connectivity index (χ1) is 7.65. The highest BCUT2D eigenvalue weighted by Crippen LogP contribution is 2.26. The third-order valence-electron chi connectivity index (χ3n) is 1.62. The number of ether oxygens (including phenoxy) is 1. The second-order valence-corrected chi connectivity index (χ2v) is 5.42. The molecule has 1 heterocycles. The van der Waals surface area contributed by atoms with Crippen molar-refractivity contribution in [3.63, 3.8) is 0 Å². The van der Waals surface area contributed by atoms with Crippen LogP contribution in [-0.2, 0) is 16.0 Å².